The summed E-state index contributed by atoms with van der Waals surface area (Å²) in [5.74, 6) is -0.682. The Kier molecular flexibility index (Phi) is 4.58. The van der Waals surface area contributed by atoms with Gasteiger partial charge in [0.05, 0.1) is 5.56 Å². The highest BCUT2D eigenvalue weighted by Gasteiger charge is 2.47. The Morgan fingerprint density at radius 3 is 2.76 bits per heavy atom. The van der Waals surface area contributed by atoms with Crippen LogP contribution in [0.3, 0.4) is 0 Å². The van der Waals surface area contributed by atoms with Crippen molar-refractivity contribution in [2.75, 3.05) is 0 Å². The van der Waals surface area contributed by atoms with E-state index in [0.717, 1.165) is 0 Å². The van der Waals surface area contributed by atoms with Crippen LogP contribution in [0.25, 0.3) is 0 Å². The number of rotatable bonds is 4. The molecule has 1 N–H and O–H groups in total. The van der Waals surface area contributed by atoms with Gasteiger partial charge in [0.2, 0.25) is 0 Å². The first kappa shape index (κ1) is 15.4. The zero-order valence-electron chi connectivity index (χ0n) is 12.1. The molecule has 0 saturated heterocycles. The average molecular weight is 288 g/mol. The number of benzene rings is 1. The lowest BCUT2D eigenvalue weighted by Crippen LogP contribution is -2.50. The second-order valence-electron chi connectivity index (χ2n) is 5.66. The summed E-state index contributed by atoms with van der Waals surface area (Å²) in [6.45, 7) is 5.45. The molecule has 0 aromatic heterocycles. The third kappa shape index (κ3) is 3.05. The summed E-state index contributed by atoms with van der Waals surface area (Å²) >= 11 is 0. The molecule has 1 saturated carbocycles. The summed E-state index contributed by atoms with van der Waals surface area (Å²) in [5, 5.41) is 10.2. The molecule has 0 unspecified atom stereocenters. The summed E-state index contributed by atoms with van der Waals surface area (Å²) in [5.41, 5.74) is -0.383. The lowest BCUT2D eigenvalue weighted by molar-refractivity contribution is -0.144. The summed E-state index contributed by atoms with van der Waals surface area (Å²) < 4.78 is 5.48. The molecule has 2 rings (SSSR count). The van der Waals surface area contributed by atoms with Crippen molar-refractivity contribution in [3.8, 4) is 0 Å². The molecule has 1 aliphatic carbocycles. The zero-order chi connectivity index (χ0) is 15.5. The van der Waals surface area contributed by atoms with Gasteiger partial charge in [-0.2, -0.15) is 0 Å². The van der Waals surface area contributed by atoms with Gasteiger partial charge in [0.25, 0.3) is 0 Å². The number of ketones is 1. The molecule has 0 bridgehead atoms. The van der Waals surface area contributed by atoms with Gasteiger partial charge in [-0.15, -0.1) is 0 Å². The van der Waals surface area contributed by atoms with Crippen LogP contribution < -0.4 is 0 Å². The van der Waals surface area contributed by atoms with Crippen LogP contribution in [0.5, 0.6) is 0 Å². The predicted octanol–water partition coefficient (Wildman–Crippen LogP) is 2.52. The molecule has 0 aliphatic heterocycles. The highest BCUT2D eigenvalue weighted by atomic mass is 16.5. The molecular weight excluding hydrogens is 268 g/mol. The number of hydrogen-bond acceptors (Lipinski definition) is 4. The van der Waals surface area contributed by atoms with Crippen LogP contribution in [0.1, 0.15) is 36.5 Å². The number of esters is 1. The SMILES string of the molecule is C=C[C@@H](OC(=O)c1ccccc1)[C@]1(C)CCCC(=O)[C@H]1O. The van der Waals surface area contributed by atoms with Crippen LogP contribution in [0.2, 0.25) is 0 Å². The van der Waals surface area contributed by atoms with Crippen molar-refractivity contribution < 1.29 is 19.4 Å². The lowest BCUT2D eigenvalue weighted by atomic mass is 9.69. The Hall–Kier alpha value is -1.94. The fourth-order valence-corrected chi connectivity index (χ4v) is 2.79. The zero-order valence-corrected chi connectivity index (χ0v) is 12.1. The fourth-order valence-electron chi connectivity index (χ4n) is 2.79. The first-order valence-electron chi connectivity index (χ1n) is 7.08. The molecular formula is C17H20O4. The van der Waals surface area contributed by atoms with E-state index in [1.54, 1.807) is 31.2 Å². The number of carbonyl (C=O) groups is 2. The minimum atomic E-state index is -1.13. The van der Waals surface area contributed by atoms with Crippen molar-refractivity contribution in [1.82, 2.24) is 0 Å². The van der Waals surface area contributed by atoms with Crippen LogP contribution in [0, 0.1) is 5.41 Å². The highest BCUT2D eigenvalue weighted by Crippen LogP contribution is 2.39. The van der Waals surface area contributed by atoms with E-state index in [9.17, 15) is 14.7 Å². The molecule has 1 fully saturated rings. The van der Waals surface area contributed by atoms with Gasteiger partial charge in [-0.3, -0.25) is 4.79 Å². The van der Waals surface area contributed by atoms with E-state index >= 15 is 0 Å². The summed E-state index contributed by atoms with van der Waals surface area (Å²) in [6.07, 6.45) is 1.32. The smallest absolute Gasteiger partial charge is 0.338 e. The van der Waals surface area contributed by atoms with Crippen LogP contribution in [0.4, 0.5) is 0 Å². The number of ether oxygens (including phenoxy) is 1. The van der Waals surface area contributed by atoms with Crippen molar-refractivity contribution in [3.63, 3.8) is 0 Å². The molecule has 0 amide bonds. The number of aliphatic hydroxyl groups is 1. The molecule has 21 heavy (non-hydrogen) atoms. The highest BCUT2D eigenvalue weighted by molar-refractivity contribution is 5.89. The number of aliphatic hydroxyl groups excluding tert-OH is 1. The molecule has 1 aliphatic rings. The van der Waals surface area contributed by atoms with E-state index in [2.05, 4.69) is 6.58 Å². The topological polar surface area (TPSA) is 63.6 Å². The van der Waals surface area contributed by atoms with Gasteiger partial charge < -0.3 is 9.84 Å². The normalized spacial score (nSPS) is 27.0. The fraction of sp³-hybridized carbons (Fsp3) is 0.412. The monoisotopic (exact) mass is 288 g/mol. The van der Waals surface area contributed by atoms with Gasteiger partial charge in [-0.05, 0) is 25.0 Å². The van der Waals surface area contributed by atoms with E-state index in [1.807, 2.05) is 6.07 Å². The largest absolute Gasteiger partial charge is 0.454 e. The maximum absolute atomic E-state index is 12.2. The maximum Gasteiger partial charge on any atom is 0.338 e. The first-order valence-corrected chi connectivity index (χ1v) is 7.08. The van der Waals surface area contributed by atoms with Gasteiger partial charge in [0, 0.05) is 11.8 Å². The van der Waals surface area contributed by atoms with Crippen LogP contribution in [0.15, 0.2) is 43.0 Å². The maximum atomic E-state index is 12.2. The second kappa shape index (κ2) is 6.22. The average Bonchev–Trinajstić information content (AvgIpc) is 2.50. The Morgan fingerprint density at radius 2 is 2.14 bits per heavy atom. The third-order valence-corrected chi connectivity index (χ3v) is 4.18. The summed E-state index contributed by atoms with van der Waals surface area (Å²) in [6, 6.07) is 8.63. The third-order valence-electron chi connectivity index (χ3n) is 4.18. The quantitative estimate of drug-likeness (QED) is 0.683. The van der Waals surface area contributed by atoms with Gasteiger partial charge in [-0.25, -0.2) is 4.79 Å². The number of Topliss-reactive ketones (excluding diaryl/α,β-unsaturated/α-hetero) is 1. The molecule has 1 aromatic rings. The standard InChI is InChI=1S/C17H20O4/c1-3-14(17(2)11-7-10-13(18)15(17)19)21-16(20)12-8-5-4-6-9-12/h3-6,8-9,14-15,19H,1,7,10-11H2,2H3/t14-,15-,17+/m1/s1. The molecule has 1 aromatic carbocycles. The summed E-state index contributed by atoms with van der Waals surface area (Å²) in [7, 11) is 0. The molecule has 112 valence electrons. The van der Waals surface area contributed by atoms with Crippen molar-refractivity contribution in [1.29, 1.82) is 0 Å². The Bertz CT molecular complexity index is 537. The predicted molar refractivity (Wildman–Crippen MR) is 78.8 cm³/mol. The minimum Gasteiger partial charge on any atom is -0.454 e. The minimum absolute atomic E-state index is 0.202. The molecule has 4 heteroatoms. The Balaban J connectivity index is 2.18. The van der Waals surface area contributed by atoms with Crippen LogP contribution in [-0.2, 0) is 9.53 Å². The summed E-state index contributed by atoms with van der Waals surface area (Å²) in [4.78, 5) is 23.9. The Labute approximate surface area is 124 Å². The molecule has 0 heterocycles. The van der Waals surface area contributed by atoms with E-state index in [-0.39, 0.29) is 5.78 Å². The van der Waals surface area contributed by atoms with E-state index in [1.165, 1.54) is 6.08 Å². The van der Waals surface area contributed by atoms with Gasteiger partial charge in [-0.1, -0.05) is 37.8 Å². The van der Waals surface area contributed by atoms with Crippen LogP contribution in [-0.4, -0.2) is 29.1 Å². The van der Waals surface area contributed by atoms with Crippen molar-refractivity contribution in [2.45, 2.75) is 38.4 Å². The van der Waals surface area contributed by atoms with E-state index < -0.39 is 23.6 Å². The molecule has 0 radical (unpaired) electrons. The van der Waals surface area contributed by atoms with Gasteiger partial charge in [0.15, 0.2) is 5.78 Å². The van der Waals surface area contributed by atoms with E-state index in [0.29, 0.717) is 24.8 Å². The van der Waals surface area contributed by atoms with Gasteiger partial charge >= 0.3 is 5.97 Å². The van der Waals surface area contributed by atoms with Gasteiger partial charge in [0.1, 0.15) is 12.2 Å². The van der Waals surface area contributed by atoms with E-state index in [4.69, 9.17) is 4.74 Å². The van der Waals surface area contributed by atoms with Crippen LogP contribution >= 0.6 is 0 Å². The van der Waals surface area contributed by atoms with Crippen molar-refractivity contribution in [2.24, 2.45) is 5.41 Å². The van der Waals surface area contributed by atoms with Crippen molar-refractivity contribution >= 4 is 11.8 Å². The molecule has 4 nitrogen and oxygen atoms in total. The molecule has 3 atom stereocenters. The molecule has 0 spiro atoms. The van der Waals surface area contributed by atoms with Crippen molar-refractivity contribution in [3.05, 3.63) is 48.6 Å². The Morgan fingerprint density at radius 1 is 1.48 bits per heavy atom. The second-order valence-corrected chi connectivity index (χ2v) is 5.66. The first-order chi connectivity index (χ1) is 9.99. The number of hydrogen-bond donors (Lipinski definition) is 1. The lowest BCUT2D eigenvalue weighted by Gasteiger charge is -2.41. The number of carbonyl (C=O) groups excluding carboxylic acids is 2.